The highest BCUT2D eigenvalue weighted by molar-refractivity contribution is 5.97. The lowest BCUT2D eigenvalue weighted by Gasteiger charge is -2.37. The number of oxazole rings is 1. The maximum atomic E-state index is 13.2. The summed E-state index contributed by atoms with van der Waals surface area (Å²) in [6.07, 6.45) is 5.21. The summed E-state index contributed by atoms with van der Waals surface area (Å²) in [5.41, 5.74) is 4.10. The standard InChI is InChI=1S/C28H33N3O3/c1-19-6-8-22(9-7-19)26-29-24-18-23(10-11-25(24)34-26)28(33)31-16-12-21(13-17-31)20(2)27(32)30-14-4-3-5-15-30/h6-11,18,20-21H,3-5,12-17H2,1-2H3/t20-/m1/s1. The largest absolute Gasteiger partial charge is 0.436 e. The zero-order valence-electron chi connectivity index (χ0n) is 20.1. The van der Waals surface area contributed by atoms with Crippen LogP contribution in [0.3, 0.4) is 0 Å². The zero-order valence-corrected chi connectivity index (χ0v) is 20.1. The SMILES string of the molecule is Cc1ccc(-c2nc3cc(C(=O)N4CCC([C@@H](C)C(=O)N5CCCCC5)CC4)ccc3o2)cc1. The number of aromatic nitrogens is 1. The molecule has 2 amide bonds. The van der Waals surface area contributed by atoms with Gasteiger partial charge in [0.05, 0.1) is 0 Å². The van der Waals surface area contributed by atoms with E-state index in [9.17, 15) is 9.59 Å². The number of hydrogen-bond acceptors (Lipinski definition) is 4. The third kappa shape index (κ3) is 4.59. The van der Waals surface area contributed by atoms with Gasteiger partial charge in [0, 0.05) is 43.2 Å². The fraction of sp³-hybridized carbons (Fsp3) is 0.464. The fourth-order valence-corrected chi connectivity index (χ4v) is 5.27. The predicted octanol–water partition coefficient (Wildman–Crippen LogP) is 5.30. The number of hydrogen-bond donors (Lipinski definition) is 0. The van der Waals surface area contributed by atoms with Gasteiger partial charge in [0.25, 0.3) is 5.91 Å². The summed E-state index contributed by atoms with van der Waals surface area (Å²) in [5, 5.41) is 0. The Kier molecular flexibility index (Phi) is 6.40. The van der Waals surface area contributed by atoms with Gasteiger partial charge in [0.15, 0.2) is 5.58 Å². The summed E-state index contributed by atoms with van der Waals surface area (Å²) in [7, 11) is 0. The van der Waals surface area contributed by atoms with E-state index >= 15 is 0 Å². The molecular weight excluding hydrogens is 426 g/mol. The minimum atomic E-state index is 0.0234. The average molecular weight is 460 g/mol. The van der Waals surface area contributed by atoms with Crippen molar-refractivity contribution in [3.63, 3.8) is 0 Å². The maximum absolute atomic E-state index is 13.2. The summed E-state index contributed by atoms with van der Waals surface area (Å²) in [6.45, 7) is 7.29. The Bertz CT molecular complexity index is 1170. The van der Waals surface area contributed by atoms with Crippen LogP contribution < -0.4 is 0 Å². The molecule has 6 heteroatoms. The molecule has 3 heterocycles. The van der Waals surface area contributed by atoms with E-state index in [1.54, 1.807) is 0 Å². The Balaban J connectivity index is 1.23. The Morgan fingerprint density at radius 2 is 1.65 bits per heavy atom. The molecule has 34 heavy (non-hydrogen) atoms. The van der Waals surface area contributed by atoms with Crippen LogP contribution in [-0.4, -0.2) is 52.8 Å². The van der Waals surface area contributed by atoms with Crippen LogP contribution >= 0.6 is 0 Å². The van der Waals surface area contributed by atoms with Crippen molar-refractivity contribution in [2.45, 2.75) is 46.0 Å². The molecule has 1 atom stereocenters. The van der Waals surface area contributed by atoms with Gasteiger partial charge in [-0.15, -0.1) is 0 Å². The average Bonchev–Trinajstić information content (AvgIpc) is 3.32. The van der Waals surface area contributed by atoms with Crippen LogP contribution in [0.25, 0.3) is 22.6 Å². The molecule has 0 radical (unpaired) electrons. The monoisotopic (exact) mass is 459 g/mol. The van der Waals surface area contributed by atoms with Gasteiger partial charge in [-0.2, -0.15) is 0 Å². The second kappa shape index (κ2) is 9.61. The van der Waals surface area contributed by atoms with Crippen molar-refractivity contribution in [2.24, 2.45) is 11.8 Å². The molecule has 2 aliphatic rings. The topological polar surface area (TPSA) is 66.7 Å². The molecule has 0 saturated carbocycles. The summed E-state index contributed by atoms with van der Waals surface area (Å²) in [4.78, 5) is 34.7. The Morgan fingerprint density at radius 3 is 2.35 bits per heavy atom. The number of nitrogens with zero attached hydrogens (tertiary/aromatic N) is 3. The lowest BCUT2D eigenvalue weighted by Crippen LogP contribution is -2.45. The number of aryl methyl sites for hydroxylation is 1. The summed E-state index contributed by atoms with van der Waals surface area (Å²) >= 11 is 0. The lowest BCUT2D eigenvalue weighted by molar-refractivity contribution is -0.138. The first kappa shape index (κ1) is 22.6. The Labute approximate surface area is 200 Å². The molecule has 0 bridgehead atoms. The van der Waals surface area contributed by atoms with Crippen molar-refractivity contribution in [1.29, 1.82) is 0 Å². The third-order valence-electron chi connectivity index (χ3n) is 7.52. The van der Waals surface area contributed by atoms with E-state index in [0.29, 0.717) is 47.5 Å². The maximum Gasteiger partial charge on any atom is 0.253 e. The van der Waals surface area contributed by atoms with Crippen molar-refractivity contribution < 1.29 is 14.0 Å². The molecule has 2 fully saturated rings. The van der Waals surface area contributed by atoms with E-state index < -0.39 is 0 Å². The number of piperidine rings is 2. The van der Waals surface area contributed by atoms with Crippen molar-refractivity contribution in [2.75, 3.05) is 26.2 Å². The summed E-state index contributed by atoms with van der Waals surface area (Å²) < 4.78 is 5.92. The molecule has 178 valence electrons. The molecule has 0 N–H and O–H groups in total. The van der Waals surface area contributed by atoms with E-state index in [2.05, 4.69) is 11.9 Å². The van der Waals surface area contributed by atoms with Crippen LogP contribution in [0.1, 0.15) is 54.9 Å². The summed E-state index contributed by atoms with van der Waals surface area (Å²) in [6, 6.07) is 13.5. The molecule has 2 aliphatic heterocycles. The van der Waals surface area contributed by atoms with Crippen LogP contribution in [-0.2, 0) is 4.79 Å². The van der Waals surface area contributed by atoms with Gasteiger partial charge in [0.2, 0.25) is 11.8 Å². The molecule has 0 spiro atoms. The first-order valence-corrected chi connectivity index (χ1v) is 12.6. The Hall–Kier alpha value is -3.15. The molecule has 6 nitrogen and oxygen atoms in total. The zero-order chi connectivity index (χ0) is 23.7. The number of fused-ring (bicyclic) bond motifs is 1. The van der Waals surface area contributed by atoms with Gasteiger partial charge >= 0.3 is 0 Å². The van der Waals surface area contributed by atoms with Crippen LogP contribution in [0.15, 0.2) is 46.9 Å². The molecule has 0 unspecified atom stereocenters. The molecule has 0 aliphatic carbocycles. The van der Waals surface area contributed by atoms with Crippen LogP contribution in [0.2, 0.25) is 0 Å². The second-order valence-corrected chi connectivity index (χ2v) is 9.87. The number of amides is 2. The van der Waals surface area contributed by atoms with Crippen molar-refractivity contribution in [1.82, 2.24) is 14.8 Å². The smallest absolute Gasteiger partial charge is 0.253 e. The van der Waals surface area contributed by atoms with Gasteiger partial charge in [-0.25, -0.2) is 4.98 Å². The minimum Gasteiger partial charge on any atom is -0.436 e. The minimum absolute atomic E-state index is 0.0234. The molecular formula is C28H33N3O3. The normalized spacial score (nSPS) is 18.3. The van der Waals surface area contributed by atoms with Crippen LogP contribution in [0, 0.1) is 18.8 Å². The second-order valence-electron chi connectivity index (χ2n) is 9.87. The predicted molar refractivity (Wildman–Crippen MR) is 132 cm³/mol. The van der Waals surface area contributed by atoms with E-state index in [-0.39, 0.29) is 11.8 Å². The van der Waals surface area contributed by atoms with E-state index in [4.69, 9.17) is 4.42 Å². The first-order valence-electron chi connectivity index (χ1n) is 12.6. The first-order chi connectivity index (χ1) is 16.5. The molecule has 5 rings (SSSR count). The highest BCUT2D eigenvalue weighted by atomic mass is 16.3. The van der Waals surface area contributed by atoms with Gasteiger partial charge in [-0.1, -0.05) is 24.6 Å². The van der Waals surface area contributed by atoms with Crippen LogP contribution in [0.5, 0.6) is 0 Å². The van der Waals surface area contributed by atoms with Gasteiger partial charge in [-0.05, 0) is 75.3 Å². The number of benzene rings is 2. The molecule has 3 aromatic rings. The third-order valence-corrected chi connectivity index (χ3v) is 7.52. The number of carbonyl (C=O) groups excluding carboxylic acids is 2. The number of rotatable bonds is 4. The number of carbonyl (C=O) groups is 2. The molecule has 2 saturated heterocycles. The highest BCUT2D eigenvalue weighted by Crippen LogP contribution is 2.29. The molecule has 2 aromatic carbocycles. The highest BCUT2D eigenvalue weighted by Gasteiger charge is 2.32. The lowest BCUT2D eigenvalue weighted by atomic mass is 9.84. The van der Waals surface area contributed by atoms with Gasteiger partial charge in [0.1, 0.15) is 5.52 Å². The van der Waals surface area contributed by atoms with Crippen molar-refractivity contribution in [3.05, 3.63) is 53.6 Å². The fourth-order valence-electron chi connectivity index (χ4n) is 5.27. The van der Waals surface area contributed by atoms with Gasteiger partial charge < -0.3 is 14.2 Å². The quantitative estimate of drug-likeness (QED) is 0.531. The van der Waals surface area contributed by atoms with E-state index in [0.717, 1.165) is 44.3 Å². The van der Waals surface area contributed by atoms with Crippen LogP contribution in [0.4, 0.5) is 0 Å². The van der Waals surface area contributed by atoms with Crippen molar-refractivity contribution in [3.8, 4) is 11.5 Å². The summed E-state index contributed by atoms with van der Waals surface area (Å²) in [5.74, 6) is 1.25. The number of likely N-dealkylation sites (tertiary alicyclic amines) is 2. The Morgan fingerprint density at radius 1 is 0.941 bits per heavy atom. The van der Waals surface area contributed by atoms with E-state index in [1.807, 2.05) is 59.2 Å². The van der Waals surface area contributed by atoms with Gasteiger partial charge in [-0.3, -0.25) is 9.59 Å². The molecule has 1 aromatic heterocycles. The van der Waals surface area contributed by atoms with E-state index in [1.165, 1.54) is 12.0 Å². The van der Waals surface area contributed by atoms with Crippen molar-refractivity contribution >= 4 is 22.9 Å².